The summed E-state index contributed by atoms with van der Waals surface area (Å²) in [6.07, 6.45) is 4.49. The van der Waals surface area contributed by atoms with E-state index < -0.39 is 4.92 Å². The third kappa shape index (κ3) is 5.28. The van der Waals surface area contributed by atoms with Crippen LogP contribution in [0.1, 0.15) is 26.7 Å². The van der Waals surface area contributed by atoms with Gasteiger partial charge in [-0.3, -0.25) is 10.1 Å². The zero-order valence-corrected chi connectivity index (χ0v) is 6.41. The maximum atomic E-state index is 9.79. The summed E-state index contributed by atoms with van der Waals surface area (Å²) >= 11 is 0. The molecule has 0 aliphatic carbocycles. The van der Waals surface area contributed by atoms with Gasteiger partial charge in [-0.15, -0.1) is 0 Å². The lowest BCUT2D eigenvalue weighted by Crippen LogP contribution is -1.89. The van der Waals surface area contributed by atoms with Crippen molar-refractivity contribution in [2.45, 2.75) is 26.7 Å². The summed E-state index contributed by atoms with van der Waals surface area (Å²) in [5, 5.41) is 9.79. The van der Waals surface area contributed by atoms with E-state index in [1.807, 2.05) is 0 Å². The van der Waals surface area contributed by atoms with E-state index in [-0.39, 0.29) is 0 Å². The van der Waals surface area contributed by atoms with Crippen LogP contribution in [0.25, 0.3) is 0 Å². The monoisotopic (exact) mass is 143 g/mol. The molecule has 0 N–H and O–H groups in total. The van der Waals surface area contributed by atoms with Crippen molar-refractivity contribution < 1.29 is 4.92 Å². The second-order valence-electron chi connectivity index (χ2n) is 2.42. The highest BCUT2D eigenvalue weighted by Gasteiger charge is 1.94. The molecule has 3 nitrogen and oxygen atoms in total. The molecule has 0 aliphatic heterocycles. The largest absolute Gasteiger partial charge is 0.259 e. The summed E-state index contributed by atoms with van der Waals surface area (Å²) in [5.74, 6) is 0.552. The molecule has 0 aliphatic rings. The zero-order chi connectivity index (χ0) is 7.98. The van der Waals surface area contributed by atoms with Crippen molar-refractivity contribution in [3.05, 3.63) is 22.4 Å². The number of nitro groups is 1. The van der Waals surface area contributed by atoms with E-state index in [1.54, 1.807) is 6.08 Å². The van der Waals surface area contributed by atoms with E-state index in [9.17, 15) is 10.1 Å². The van der Waals surface area contributed by atoms with Gasteiger partial charge in [0, 0.05) is 0 Å². The quantitative estimate of drug-likeness (QED) is 0.447. The van der Waals surface area contributed by atoms with Crippen LogP contribution in [0.3, 0.4) is 0 Å². The van der Waals surface area contributed by atoms with Crippen molar-refractivity contribution in [1.82, 2.24) is 0 Å². The van der Waals surface area contributed by atoms with Crippen molar-refractivity contribution in [1.29, 1.82) is 0 Å². The second-order valence-corrected chi connectivity index (χ2v) is 2.42. The zero-order valence-electron chi connectivity index (χ0n) is 6.41. The van der Waals surface area contributed by atoms with Crippen LogP contribution in [0.15, 0.2) is 12.3 Å². The maximum Gasteiger partial charge on any atom is 0.230 e. The van der Waals surface area contributed by atoms with E-state index in [2.05, 4.69) is 13.8 Å². The predicted molar refractivity (Wildman–Crippen MR) is 40.2 cm³/mol. The molecule has 1 unspecified atom stereocenters. The first-order valence-electron chi connectivity index (χ1n) is 3.47. The lowest BCUT2D eigenvalue weighted by molar-refractivity contribution is -0.402. The number of nitrogens with zero attached hydrogens (tertiary/aromatic N) is 1. The highest BCUT2D eigenvalue weighted by atomic mass is 16.6. The molecule has 0 bridgehead atoms. The van der Waals surface area contributed by atoms with Gasteiger partial charge >= 0.3 is 0 Å². The number of allylic oxidation sites excluding steroid dienone is 1. The molecule has 0 saturated heterocycles. The Morgan fingerprint density at radius 1 is 1.70 bits per heavy atom. The lowest BCUT2D eigenvalue weighted by Gasteiger charge is -2.00. The van der Waals surface area contributed by atoms with Crippen molar-refractivity contribution >= 4 is 0 Å². The average molecular weight is 143 g/mol. The van der Waals surface area contributed by atoms with Crippen LogP contribution in [0.5, 0.6) is 0 Å². The fraction of sp³-hybridized carbons (Fsp3) is 0.714. The molecule has 1 atom stereocenters. The number of rotatable bonds is 4. The fourth-order valence-corrected chi connectivity index (χ4v) is 0.546. The van der Waals surface area contributed by atoms with Gasteiger partial charge in [0.05, 0.1) is 4.92 Å². The minimum atomic E-state index is -0.428. The first-order valence-corrected chi connectivity index (χ1v) is 3.47. The second kappa shape index (κ2) is 4.97. The van der Waals surface area contributed by atoms with Gasteiger partial charge in [0.1, 0.15) is 0 Å². The van der Waals surface area contributed by atoms with E-state index in [0.29, 0.717) is 5.92 Å². The summed E-state index contributed by atoms with van der Waals surface area (Å²) in [4.78, 5) is 9.36. The van der Waals surface area contributed by atoms with E-state index in [1.165, 1.54) is 0 Å². The van der Waals surface area contributed by atoms with Crippen molar-refractivity contribution in [2.24, 2.45) is 5.92 Å². The molecule has 0 radical (unpaired) electrons. The standard InChI is InChI=1S/C7H13NO2/c1-3-7(2)5-4-6-8(9)10/h4,6-7H,3,5H2,1-2H3. The molecule has 0 spiro atoms. The molecule has 0 aromatic carbocycles. The van der Waals surface area contributed by atoms with Crippen LogP contribution in [0, 0.1) is 16.0 Å². The Hall–Kier alpha value is -0.860. The van der Waals surface area contributed by atoms with Crippen molar-refractivity contribution in [2.75, 3.05) is 0 Å². The molecular formula is C7H13NO2. The topological polar surface area (TPSA) is 43.1 Å². The summed E-state index contributed by atoms with van der Waals surface area (Å²) in [6, 6.07) is 0. The molecule has 0 fully saturated rings. The molecule has 0 aromatic rings. The Balaban J connectivity index is 3.43. The van der Waals surface area contributed by atoms with E-state index in [0.717, 1.165) is 19.0 Å². The smallest absolute Gasteiger partial charge is 0.230 e. The van der Waals surface area contributed by atoms with Gasteiger partial charge in [-0.1, -0.05) is 20.3 Å². The minimum Gasteiger partial charge on any atom is -0.259 e. The molecule has 3 heteroatoms. The summed E-state index contributed by atoms with van der Waals surface area (Å²) in [6.45, 7) is 4.15. The first kappa shape index (κ1) is 9.14. The van der Waals surface area contributed by atoms with Crippen LogP contribution in [-0.4, -0.2) is 4.92 Å². The van der Waals surface area contributed by atoms with Gasteiger partial charge in [0.2, 0.25) is 6.20 Å². The summed E-state index contributed by atoms with van der Waals surface area (Å²) < 4.78 is 0. The highest BCUT2D eigenvalue weighted by molar-refractivity contribution is 4.74. The van der Waals surface area contributed by atoms with Gasteiger partial charge in [0.25, 0.3) is 0 Å². The molecule has 0 rings (SSSR count). The predicted octanol–water partition coefficient (Wildman–Crippen LogP) is 2.21. The van der Waals surface area contributed by atoms with Crippen molar-refractivity contribution in [3.8, 4) is 0 Å². The van der Waals surface area contributed by atoms with Gasteiger partial charge in [-0.05, 0) is 18.4 Å². The van der Waals surface area contributed by atoms with Crippen LogP contribution >= 0.6 is 0 Å². The molecule has 0 amide bonds. The Morgan fingerprint density at radius 2 is 2.30 bits per heavy atom. The molecule has 0 saturated carbocycles. The first-order chi connectivity index (χ1) is 4.66. The average Bonchev–Trinajstić information content (AvgIpc) is 1.87. The van der Waals surface area contributed by atoms with Crippen LogP contribution in [0.2, 0.25) is 0 Å². The molecule has 0 aromatic heterocycles. The van der Waals surface area contributed by atoms with Crippen LogP contribution < -0.4 is 0 Å². The van der Waals surface area contributed by atoms with Gasteiger partial charge in [-0.2, -0.15) is 0 Å². The van der Waals surface area contributed by atoms with Gasteiger partial charge < -0.3 is 0 Å². The Kier molecular flexibility index (Phi) is 4.54. The summed E-state index contributed by atoms with van der Waals surface area (Å²) in [5.41, 5.74) is 0. The molecule has 10 heavy (non-hydrogen) atoms. The SMILES string of the molecule is CCC(C)CC=C[N+](=O)[O-]. The van der Waals surface area contributed by atoms with E-state index >= 15 is 0 Å². The minimum absolute atomic E-state index is 0.428. The van der Waals surface area contributed by atoms with E-state index in [4.69, 9.17) is 0 Å². The van der Waals surface area contributed by atoms with Gasteiger partial charge in [0.15, 0.2) is 0 Å². The highest BCUT2D eigenvalue weighted by Crippen LogP contribution is 2.06. The van der Waals surface area contributed by atoms with Gasteiger partial charge in [-0.25, -0.2) is 0 Å². The number of hydrogen-bond acceptors (Lipinski definition) is 2. The van der Waals surface area contributed by atoms with Crippen LogP contribution in [0.4, 0.5) is 0 Å². The molecule has 0 heterocycles. The summed E-state index contributed by atoms with van der Waals surface area (Å²) in [7, 11) is 0. The third-order valence-corrected chi connectivity index (χ3v) is 1.46. The Morgan fingerprint density at radius 3 is 2.70 bits per heavy atom. The van der Waals surface area contributed by atoms with Crippen LogP contribution in [-0.2, 0) is 0 Å². The maximum absolute atomic E-state index is 9.79. The normalized spacial score (nSPS) is 13.8. The number of hydrogen-bond donors (Lipinski definition) is 0. The Bertz CT molecular complexity index is 132. The Labute approximate surface area is 60.9 Å². The van der Waals surface area contributed by atoms with Crippen molar-refractivity contribution in [3.63, 3.8) is 0 Å². The molecule has 58 valence electrons. The molecular weight excluding hydrogens is 130 g/mol. The third-order valence-electron chi connectivity index (χ3n) is 1.46. The fourth-order valence-electron chi connectivity index (χ4n) is 0.546. The lowest BCUT2D eigenvalue weighted by atomic mass is 10.1.